The van der Waals surface area contributed by atoms with Crippen LogP contribution in [-0.4, -0.2) is 193 Å². The number of ether oxygens (including phenoxy) is 6. The van der Waals surface area contributed by atoms with E-state index in [0.717, 1.165) is 83.1 Å². The predicted octanol–water partition coefficient (Wildman–Crippen LogP) is 5.85. The van der Waals surface area contributed by atoms with Gasteiger partial charge in [0.05, 0.1) is 81.7 Å². The molecule has 0 spiro atoms. The van der Waals surface area contributed by atoms with E-state index in [1.165, 1.54) is 31.9 Å². The van der Waals surface area contributed by atoms with Crippen molar-refractivity contribution in [3.63, 3.8) is 0 Å². The number of nitrogens with one attached hydrogen (secondary N) is 2. The number of carbonyl (C=O) groups excluding carboxylic acids is 4. The van der Waals surface area contributed by atoms with E-state index >= 15 is 4.79 Å². The van der Waals surface area contributed by atoms with E-state index in [-0.39, 0.29) is 31.2 Å². The number of nitrogens with zero attached hydrogens (tertiary/aromatic N) is 7. The van der Waals surface area contributed by atoms with Gasteiger partial charge in [-0.15, -0.1) is 0 Å². The summed E-state index contributed by atoms with van der Waals surface area (Å²) in [7, 11) is 1.52. The first kappa shape index (κ1) is 56.4. The Morgan fingerprint density at radius 2 is 1.67 bits per heavy atom. The number of hydrogen-bond acceptors (Lipinski definition) is 16. The lowest BCUT2D eigenvalue weighted by atomic mass is 9.84. The molecule has 5 fully saturated rings. The number of alkyl carbamates (subject to hydrolysis) is 1. The molecule has 5 atom stereocenters. The van der Waals surface area contributed by atoms with E-state index < -0.39 is 49.8 Å². The first-order chi connectivity index (χ1) is 35.9. The molecule has 2 amide bonds. The predicted molar refractivity (Wildman–Crippen MR) is 292 cm³/mol. The molecule has 2 aromatic heterocycles. The van der Waals surface area contributed by atoms with E-state index in [0.29, 0.717) is 78.4 Å². The van der Waals surface area contributed by atoms with Crippen molar-refractivity contribution in [1.82, 2.24) is 35.1 Å². The van der Waals surface area contributed by atoms with Gasteiger partial charge in [-0.25, -0.2) is 10.2 Å². The fraction of sp³-hybridized carbons (Fsp3) is 0.691. The van der Waals surface area contributed by atoms with Gasteiger partial charge in [0.2, 0.25) is 0 Å². The zero-order valence-corrected chi connectivity index (χ0v) is 47.4. The summed E-state index contributed by atoms with van der Waals surface area (Å²) in [6, 6.07) is 8.02. The fourth-order valence-electron chi connectivity index (χ4n) is 11.3. The molecular weight excluding hydrogens is 975 g/mol. The zero-order chi connectivity index (χ0) is 53.6. The second kappa shape index (κ2) is 24.7. The first-order valence-electron chi connectivity index (χ1n) is 27.5. The molecule has 5 aliphatic rings. The van der Waals surface area contributed by atoms with Crippen LogP contribution in [0.2, 0.25) is 25.7 Å². The SMILES string of the molecule is CCn1c(-c2cc(N3CCN(C4CC4)CC3)cnc2[C@H](C)OC)c(CC(C)(C)COC(C)=O)c2cc(N3CCO[C@@H]([C@H]([C@H](NC(=O)OCC[Si](C)(C)C)C(=O)N4CCC[C@@H](C(=O)OC)N4)N4CCOCC4)C3)ccc21. The van der Waals surface area contributed by atoms with Crippen LogP contribution < -0.4 is 20.5 Å². The lowest BCUT2D eigenvalue weighted by Gasteiger charge is -2.47. The molecule has 414 valence electrons. The van der Waals surface area contributed by atoms with E-state index in [9.17, 15) is 14.4 Å². The molecule has 1 saturated carbocycles. The van der Waals surface area contributed by atoms with Crippen LogP contribution in [0.5, 0.6) is 0 Å². The summed E-state index contributed by atoms with van der Waals surface area (Å²) in [5, 5.41) is 5.57. The van der Waals surface area contributed by atoms with Crippen molar-refractivity contribution in [3.05, 3.63) is 41.7 Å². The number of methoxy groups -OCH3 is 2. The van der Waals surface area contributed by atoms with Crippen LogP contribution in [0.15, 0.2) is 30.5 Å². The highest BCUT2D eigenvalue weighted by Gasteiger charge is 2.46. The minimum atomic E-state index is -1.55. The van der Waals surface area contributed by atoms with Crippen LogP contribution in [0.3, 0.4) is 0 Å². The molecule has 2 N–H and O–H groups in total. The number of hydrogen-bond donors (Lipinski definition) is 2. The highest BCUT2D eigenvalue weighted by Crippen LogP contribution is 2.43. The molecule has 1 aliphatic carbocycles. The molecule has 4 aliphatic heterocycles. The molecule has 19 nitrogen and oxygen atoms in total. The third kappa shape index (κ3) is 13.8. The lowest BCUT2D eigenvalue weighted by Crippen LogP contribution is -2.69. The number of hydrazine groups is 1. The van der Waals surface area contributed by atoms with Crippen LogP contribution in [0.4, 0.5) is 16.2 Å². The van der Waals surface area contributed by atoms with E-state index in [1.807, 2.05) is 13.1 Å². The molecule has 3 aromatic rings. The van der Waals surface area contributed by atoms with Gasteiger partial charge in [0.1, 0.15) is 12.1 Å². The Morgan fingerprint density at radius 1 is 0.920 bits per heavy atom. The van der Waals surface area contributed by atoms with Crippen molar-refractivity contribution in [2.24, 2.45) is 5.41 Å². The Balaban J connectivity index is 1.18. The van der Waals surface area contributed by atoms with Gasteiger partial charge in [-0.2, -0.15) is 0 Å². The normalized spacial score (nSPS) is 21.7. The minimum absolute atomic E-state index is 0.240. The Morgan fingerprint density at radius 3 is 2.33 bits per heavy atom. The summed E-state index contributed by atoms with van der Waals surface area (Å²) in [5.41, 5.74) is 9.91. The van der Waals surface area contributed by atoms with Crippen LogP contribution in [0, 0.1) is 5.41 Å². The van der Waals surface area contributed by atoms with Gasteiger partial charge in [-0.05, 0) is 81.8 Å². The highest BCUT2D eigenvalue weighted by molar-refractivity contribution is 6.76. The second-order valence-electron chi connectivity index (χ2n) is 23.1. The van der Waals surface area contributed by atoms with E-state index in [4.69, 9.17) is 33.4 Å². The van der Waals surface area contributed by atoms with Crippen molar-refractivity contribution in [3.8, 4) is 11.3 Å². The summed E-state index contributed by atoms with van der Waals surface area (Å²) in [4.78, 5) is 68.8. The van der Waals surface area contributed by atoms with E-state index in [2.05, 4.69) is 99.6 Å². The Hall–Kier alpha value is -4.83. The number of esters is 2. The topological polar surface area (TPSA) is 182 Å². The summed E-state index contributed by atoms with van der Waals surface area (Å²) < 4.78 is 37.6. The average Bonchev–Trinajstić information content (AvgIpc) is 4.23. The number of aromatic nitrogens is 2. The number of anilines is 2. The summed E-state index contributed by atoms with van der Waals surface area (Å²) >= 11 is 0. The Labute approximate surface area is 445 Å². The number of amides is 2. The number of carbonyl (C=O) groups is 4. The van der Waals surface area contributed by atoms with Gasteiger partial charge in [-0.3, -0.25) is 34.2 Å². The van der Waals surface area contributed by atoms with Crippen molar-refractivity contribution in [1.29, 1.82) is 0 Å². The fourth-order valence-corrected chi connectivity index (χ4v) is 12.0. The van der Waals surface area contributed by atoms with Crippen LogP contribution in [0.25, 0.3) is 22.2 Å². The maximum Gasteiger partial charge on any atom is 0.407 e. The monoisotopic (exact) mass is 1060 g/mol. The number of morpholine rings is 2. The second-order valence-corrected chi connectivity index (χ2v) is 28.7. The third-order valence-corrected chi connectivity index (χ3v) is 17.3. The largest absolute Gasteiger partial charge is 0.468 e. The lowest BCUT2D eigenvalue weighted by molar-refractivity contribution is -0.152. The molecule has 4 saturated heterocycles. The molecular formula is C55H85N9O10Si. The number of benzene rings is 1. The number of fused-ring (bicyclic) bond motifs is 1. The molecule has 0 radical (unpaired) electrons. The van der Waals surface area contributed by atoms with Crippen molar-refractivity contribution in [2.75, 3.05) is 116 Å². The van der Waals surface area contributed by atoms with Crippen molar-refractivity contribution < 1.29 is 47.6 Å². The number of piperazine rings is 1. The number of pyridine rings is 1. The van der Waals surface area contributed by atoms with Crippen LogP contribution in [0.1, 0.15) is 77.7 Å². The van der Waals surface area contributed by atoms with Gasteiger partial charge < -0.3 is 48.1 Å². The highest BCUT2D eigenvalue weighted by atomic mass is 28.3. The van der Waals surface area contributed by atoms with Crippen LogP contribution in [-0.2, 0) is 55.8 Å². The van der Waals surface area contributed by atoms with Gasteiger partial charge in [0.15, 0.2) is 0 Å². The summed E-state index contributed by atoms with van der Waals surface area (Å²) in [5.74, 6) is -1.16. The molecule has 75 heavy (non-hydrogen) atoms. The first-order valence-corrected chi connectivity index (χ1v) is 31.2. The third-order valence-electron chi connectivity index (χ3n) is 15.6. The zero-order valence-electron chi connectivity index (χ0n) is 46.4. The van der Waals surface area contributed by atoms with Gasteiger partial charge >= 0.3 is 18.0 Å². The Kier molecular flexibility index (Phi) is 18.5. The number of aryl methyl sites for hydroxylation is 1. The number of rotatable bonds is 20. The molecule has 1 aromatic carbocycles. The molecule has 0 unspecified atom stereocenters. The van der Waals surface area contributed by atoms with Crippen molar-refractivity contribution in [2.45, 2.75) is 135 Å². The maximum absolute atomic E-state index is 15.1. The molecule has 20 heteroatoms. The Bertz CT molecular complexity index is 2470. The van der Waals surface area contributed by atoms with Crippen LogP contribution >= 0.6 is 0 Å². The van der Waals surface area contributed by atoms with Crippen molar-refractivity contribution >= 4 is 54.3 Å². The quantitative estimate of drug-likeness (QED) is 0.0780. The summed E-state index contributed by atoms with van der Waals surface area (Å²) in [6.07, 6.45) is 4.76. The standard InChI is InChI=1S/C55H85N9O10Si/c1-11-63-46-17-16-40(31-42(46)44(33-55(4,5)36-74-38(3)65)50(63)43-32-41(34-56-48(43)37(2)69-6)60-21-19-59(20-22-60)39-14-15-39)62-25-28-72-47(35-62)51(61-23-26-71-27-24-61)49(57-54(68)73-29-30-75(8,9)10)52(66)64-18-12-13-45(58-64)53(67)70-7/h16-17,31-32,34,37,39,45,47,49,51,58H,11-15,18-30,33,35-36H2,1-10H3,(H,57,68)/t37-,45-,47+,49-,51+/m0/s1. The van der Waals surface area contributed by atoms with Gasteiger partial charge in [0, 0.05) is 121 Å². The average molecular weight is 1060 g/mol. The van der Waals surface area contributed by atoms with Gasteiger partial charge in [0.25, 0.3) is 5.91 Å². The minimum Gasteiger partial charge on any atom is -0.468 e. The van der Waals surface area contributed by atoms with E-state index in [1.54, 1.807) is 7.11 Å². The molecule has 8 rings (SSSR count). The smallest absolute Gasteiger partial charge is 0.407 e. The summed E-state index contributed by atoms with van der Waals surface area (Å²) in [6.45, 7) is 25.4. The molecule has 6 heterocycles. The maximum atomic E-state index is 15.1. The molecule has 0 bridgehead atoms. The van der Waals surface area contributed by atoms with Gasteiger partial charge in [-0.1, -0.05) is 33.5 Å².